The summed E-state index contributed by atoms with van der Waals surface area (Å²) in [5.41, 5.74) is 1.96. The van der Waals surface area contributed by atoms with Gasteiger partial charge in [0.25, 0.3) is 0 Å². The number of benzene rings is 2. The Morgan fingerprint density at radius 3 is 2.46 bits per heavy atom. The van der Waals surface area contributed by atoms with E-state index < -0.39 is 0 Å². The fraction of sp³-hybridized carbons (Fsp3) is 0.273. The molecule has 0 radical (unpaired) electrons. The van der Waals surface area contributed by atoms with Crippen LogP contribution in [0.5, 0.6) is 0 Å². The monoisotopic (exact) mass is 393 g/mol. The molecule has 144 valence electrons. The molecule has 2 aromatic carbocycles. The molecule has 1 aliphatic rings. The first-order chi connectivity index (χ1) is 13.7. The van der Waals surface area contributed by atoms with Gasteiger partial charge in [-0.3, -0.25) is 4.79 Å². The van der Waals surface area contributed by atoms with Crippen LogP contribution in [0.4, 0.5) is 5.69 Å². The second-order valence-corrected chi connectivity index (χ2v) is 7.80. The fourth-order valence-corrected chi connectivity index (χ4v) is 4.26. The molecule has 0 atom stereocenters. The SMILES string of the molecule is Cc1nccn1-c1ccc(SN(C(=O)C2CCOCC2)c2ccccc2)cc1. The van der Waals surface area contributed by atoms with Gasteiger partial charge in [0.2, 0.25) is 5.91 Å². The number of carbonyl (C=O) groups is 1. The van der Waals surface area contributed by atoms with Crippen LogP contribution in [0.15, 0.2) is 71.9 Å². The summed E-state index contributed by atoms with van der Waals surface area (Å²) in [5, 5.41) is 0. The molecule has 0 aliphatic carbocycles. The number of hydrogen-bond acceptors (Lipinski definition) is 4. The summed E-state index contributed by atoms with van der Waals surface area (Å²) in [6.07, 6.45) is 5.30. The number of anilines is 1. The largest absolute Gasteiger partial charge is 0.381 e. The average molecular weight is 394 g/mol. The smallest absolute Gasteiger partial charge is 0.240 e. The van der Waals surface area contributed by atoms with Crippen LogP contribution in [0.25, 0.3) is 5.69 Å². The van der Waals surface area contributed by atoms with Crippen molar-refractivity contribution in [3.63, 3.8) is 0 Å². The highest BCUT2D eigenvalue weighted by Gasteiger charge is 2.28. The second-order valence-electron chi connectivity index (χ2n) is 6.78. The molecular weight excluding hydrogens is 370 g/mol. The molecule has 4 rings (SSSR count). The van der Waals surface area contributed by atoms with E-state index in [9.17, 15) is 4.79 Å². The first-order valence-corrected chi connectivity index (χ1v) is 10.2. The zero-order valence-corrected chi connectivity index (χ0v) is 16.6. The number of ether oxygens (including phenoxy) is 1. The average Bonchev–Trinajstić information content (AvgIpc) is 3.19. The van der Waals surface area contributed by atoms with E-state index in [1.54, 1.807) is 6.20 Å². The molecule has 1 fully saturated rings. The van der Waals surface area contributed by atoms with Gasteiger partial charge in [-0.25, -0.2) is 9.29 Å². The van der Waals surface area contributed by atoms with Crippen molar-refractivity contribution in [3.05, 3.63) is 72.8 Å². The number of carbonyl (C=O) groups excluding carboxylic acids is 1. The Bertz CT molecular complexity index is 918. The zero-order chi connectivity index (χ0) is 19.3. The molecule has 2 heterocycles. The molecule has 5 nitrogen and oxygen atoms in total. The molecule has 0 unspecified atom stereocenters. The Balaban J connectivity index is 1.57. The number of para-hydroxylation sites is 1. The summed E-state index contributed by atoms with van der Waals surface area (Å²) in [4.78, 5) is 18.5. The highest BCUT2D eigenvalue weighted by Crippen LogP contribution is 2.33. The van der Waals surface area contributed by atoms with E-state index in [2.05, 4.69) is 17.1 Å². The number of nitrogens with zero attached hydrogens (tertiary/aromatic N) is 3. The van der Waals surface area contributed by atoms with E-state index in [4.69, 9.17) is 4.74 Å². The first-order valence-electron chi connectivity index (χ1n) is 9.47. The molecule has 0 bridgehead atoms. The van der Waals surface area contributed by atoms with Crippen LogP contribution in [0.2, 0.25) is 0 Å². The van der Waals surface area contributed by atoms with Gasteiger partial charge < -0.3 is 9.30 Å². The van der Waals surface area contributed by atoms with Crippen molar-refractivity contribution in [1.29, 1.82) is 0 Å². The van der Waals surface area contributed by atoms with Gasteiger partial charge in [-0.15, -0.1) is 0 Å². The Morgan fingerprint density at radius 1 is 1.11 bits per heavy atom. The molecule has 1 aliphatic heterocycles. The van der Waals surface area contributed by atoms with E-state index >= 15 is 0 Å². The predicted octanol–water partition coefficient (Wildman–Crippen LogP) is 4.65. The number of amides is 1. The Morgan fingerprint density at radius 2 is 1.82 bits per heavy atom. The van der Waals surface area contributed by atoms with Gasteiger partial charge in [-0.1, -0.05) is 18.2 Å². The maximum atomic E-state index is 13.2. The quantitative estimate of drug-likeness (QED) is 0.592. The van der Waals surface area contributed by atoms with Gasteiger partial charge in [0.15, 0.2) is 0 Å². The third kappa shape index (κ3) is 4.13. The van der Waals surface area contributed by atoms with Crippen LogP contribution in [0, 0.1) is 12.8 Å². The second kappa shape index (κ2) is 8.63. The first kappa shape index (κ1) is 18.8. The van der Waals surface area contributed by atoms with Gasteiger partial charge in [-0.05, 0) is 68.1 Å². The molecule has 1 saturated heterocycles. The number of imidazole rings is 1. The molecule has 1 aromatic heterocycles. The van der Waals surface area contributed by atoms with Crippen molar-refractivity contribution in [2.24, 2.45) is 5.92 Å². The summed E-state index contributed by atoms with van der Waals surface area (Å²) in [6, 6.07) is 18.1. The van der Waals surface area contributed by atoms with E-state index in [-0.39, 0.29) is 11.8 Å². The minimum Gasteiger partial charge on any atom is -0.381 e. The van der Waals surface area contributed by atoms with Crippen LogP contribution in [-0.2, 0) is 9.53 Å². The number of rotatable bonds is 5. The van der Waals surface area contributed by atoms with Gasteiger partial charge in [0.05, 0.1) is 5.69 Å². The molecule has 0 saturated carbocycles. The Labute approximate surface area is 169 Å². The lowest BCUT2D eigenvalue weighted by Gasteiger charge is -2.28. The van der Waals surface area contributed by atoms with Crippen LogP contribution in [0.3, 0.4) is 0 Å². The third-order valence-corrected chi connectivity index (χ3v) is 5.96. The van der Waals surface area contributed by atoms with E-state index in [0.29, 0.717) is 13.2 Å². The molecule has 6 heteroatoms. The number of aryl methyl sites for hydroxylation is 1. The highest BCUT2D eigenvalue weighted by atomic mass is 32.2. The Kier molecular flexibility index (Phi) is 5.78. The van der Waals surface area contributed by atoms with Crippen molar-refractivity contribution in [2.45, 2.75) is 24.7 Å². The number of hydrogen-bond donors (Lipinski definition) is 0. The summed E-state index contributed by atoms with van der Waals surface area (Å²) < 4.78 is 9.29. The van der Waals surface area contributed by atoms with Crippen molar-refractivity contribution < 1.29 is 9.53 Å². The van der Waals surface area contributed by atoms with Gasteiger partial charge in [0, 0.05) is 42.1 Å². The van der Waals surface area contributed by atoms with Crippen molar-refractivity contribution >= 4 is 23.5 Å². The summed E-state index contributed by atoms with van der Waals surface area (Å²) in [5.74, 6) is 1.10. The summed E-state index contributed by atoms with van der Waals surface area (Å²) in [6.45, 7) is 3.29. The topological polar surface area (TPSA) is 47.4 Å². The lowest BCUT2D eigenvalue weighted by molar-refractivity contribution is -0.123. The van der Waals surface area contributed by atoms with Crippen LogP contribution < -0.4 is 4.31 Å². The van der Waals surface area contributed by atoms with E-state index in [0.717, 1.165) is 34.9 Å². The fourth-order valence-electron chi connectivity index (χ4n) is 3.32. The lowest BCUT2D eigenvalue weighted by atomic mass is 9.99. The summed E-state index contributed by atoms with van der Waals surface area (Å²) >= 11 is 1.47. The van der Waals surface area contributed by atoms with E-state index in [1.165, 1.54) is 11.9 Å². The number of aromatic nitrogens is 2. The van der Waals surface area contributed by atoms with Crippen molar-refractivity contribution in [3.8, 4) is 5.69 Å². The molecular formula is C22H23N3O2S. The van der Waals surface area contributed by atoms with Crippen molar-refractivity contribution in [1.82, 2.24) is 9.55 Å². The highest BCUT2D eigenvalue weighted by molar-refractivity contribution is 8.01. The van der Waals surface area contributed by atoms with Crippen LogP contribution in [-0.4, -0.2) is 28.7 Å². The standard InChI is InChI=1S/C22H23N3O2S/c1-17-23-13-14-24(17)19-7-9-21(10-8-19)28-25(20-5-3-2-4-6-20)22(26)18-11-15-27-16-12-18/h2-10,13-14,18H,11-12,15-16H2,1H3. The maximum absolute atomic E-state index is 13.2. The maximum Gasteiger partial charge on any atom is 0.240 e. The normalized spacial score (nSPS) is 14.8. The van der Waals surface area contributed by atoms with Crippen molar-refractivity contribution in [2.75, 3.05) is 17.5 Å². The third-order valence-electron chi connectivity index (χ3n) is 4.90. The van der Waals surface area contributed by atoms with E-state index in [1.807, 2.05) is 64.5 Å². The minimum absolute atomic E-state index is 0.00864. The zero-order valence-electron chi connectivity index (χ0n) is 15.8. The van der Waals surface area contributed by atoms with Gasteiger partial charge in [-0.2, -0.15) is 0 Å². The van der Waals surface area contributed by atoms with Gasteiger partial charge >= 0.3 is 0 Å². The predicted molar refractivity (Wildman–Crippen MR) is 112 cm³/mol. The Hall–Kier alpha value is -2.57. The molecule has 0 spiro atoms. The van der Waals surface area contributed by atoms with Crippen LogP contribution in [0.1, 0.15) is 18.7 Å². The van der Waals surface area contributed by atoms with Gasteiger partial charge in [0.1, 0.15) is 5.82 Å². The molecule has 1 amide bonds. The minimum atomic E-state index is 0.00864. The summed E-state index contributed by atoms with van der Waals surface area (Å²) in [7, 11) is 0. The lowest BCUT2D eigenvalue weighted by Crippen LogP contribution is -2.34. The van der Waals surface area contributed by atoms with Crippen LogP contribution >= 0.6 is 11.9 Å². The molecule has 3 aromatic rings. The molecule has 0 N–H and O–H groups in total. The molecule has 28 heavy (non-hydrogen) atoms.